The summed E-state index contributed by atoms with van der Waals surface area (Å²) in [5, 5.41) is 20.5. The molecule has 0 saturated heterocycles. The minimum atomic E-state index is 0.577. The Kier molecular flexibility index (Phi) is 3.97. The summed E-state index contributed by atoms with van der Waals surface area (Å²) in [5.41, 5.74) is 3.83. The highest BCUT2D eigenvalue weighted by Gasteiger charge is 2.20. The van der Waals surface area contributed by atoms with Crippen molar-refractivity contribution in [1.82, 2.24) is 15.2 Å². The normalized spacial score (nSPS) is 13.0. The van der Waals surface area contributed by atoms with E-state index in [0.29, 0.717) is 17.3 Å². The predicted octanol–water partition coefficient (Wildman–Crippen LogP) is 3.57. The Morgan fingerprint density at radius 1 is 1.12 bits per heavy atom. The van der Waals surface area contributed by atoms with E-state index >= 15 is 0 Å². The number of hydrogen-bond donors (Lipinski definition) is 1. The zero-order valence-electron chi connectivity index (χ0n) is 13.6. The van der Waals surface area contributed by atoms with E-state index < -0.39 is 0 Å². The summed E-state index contributed by atoms with van der Waals surface area (Å²) in [6, 6.07) is 17.7. The lowest BCUT2D eigenvalue weighted by molar-refractivity contribution is 0.742. The van der Waals surface area contributed by atoms with E-state index in [9.17, 15) is 0 Å². The Labute approximate surface area is 145 Å². The van der Waals surface area contributed by atoms with Crippen LogP contribution in [0.3, 0.4) is 0 Å². The van der Waals surface area contributed by atoms with Crippen molar-refractivity contribution in [2.45, 2.75) is 12.8 Å². The summed E-state index contributed by atoms with van der Waals surface area (Å²) >= 11 is 0. The van der Waals surface area contributed by atoms with Crippen LogP contribution >= 0.6 is 0 Å². The fourth-order valence-corrected chi connectivity index (χ4v) is 3.02. The first kappa shape index (κ1) is 15.1. The van der Waals surface area contributed by atoms with E-state index in [-0.39, 0.29) is 0 Å². The molecule has 1 aliphatic heterocycles. The van der Waals surface area contributed by atoms with E-state index in [4.69, 9.17) is 5.26 Å². The molecule has 25 heavy (non-hydrogen) atoms. The highest BCUT2D eigenvalue weighted by molar-refractivity contribution is 5.65. The second-order valence-corrected chi connectivity index (χ2v) is 5.84. The first-order chi connectivity index (χ1) is 12.3. The third-order valence-corrected chi connectivity index (χ3v) is 4.16. The summed E-state index contributed by atoms with van der Waals surface area (Å²) in [5.74, 6) is 1.18. The third kappa shape index (κ3) is 3.12. The van der Waals surface area contributed by atoms with Crippen LogP contribution < -0.4 is 10.2 Å². The molecule has 0 aliphatic carbocycles. The molecule has 122 valence electrons. The molecule has 0 fully saturated rings. The average Bonchev–Trinajstić information content (AvgIpc) is 2.68. The number of nitrogens with one attached hydrogen (secondary N) is 1. The van der Waals surface area contributed by atoms with Crippen molar-refractivity contribution >= 4 is 23.1 Å². The van der Waals surface area contributed by atoms with E-state index in [0.717, 1.165) is 30.8 Å². The molecule has 0 spiro atoms. The highest BCUT2D eigenvalue weighted by atomic mass is 15.3. The summed E-state index contributed by atoms with van der Waals surface area (Å²) < 4.78 is 0. The molecule has 0 bridgehead atoms. The number of hydrogen-bond acceptors (Lipinski definition) is 6. The van der Waals surface area contributed by atoms with Crippen molar-refractivity contribution in [1.29, 1.82) is 5.26 Å². The van der Waals surface area contributed by atoms with Crippen LogP contribution in [0, 0.1) is 11.3 Å². The molecule has 0 unspecified atom stereocenters. The minimum absolute atomic E-state index is 0.577. The van der Waals surface area contributed by atoms with Gasteiger partial charge in [0, 0.05) is 17.9 Å². The van der Waals surface area contributed by atoms with Crippen LogP contribution in [0.1, 0.15) is 17.5 Å². The Bertz CT molecular complexity index is 946. The predicted molar refractivity (Wildman–Crippen MR) is 96.0 cm³/mol. The SMILES string of the molecule is N#Cc1cccc(Nc2cnnc(N3CCCc4ccccc43)n2)c1. The summed E-state index contributed by atoms with van der Waals surface area (Å²) in [7, 11) is 0. The van der Waals surface area contributed by atoms with Gasteiger partial charge in [-0.2, -0.15) is 15.3 Å². The van der Waals surface area contributed by atoms with Crippen LogP contribution in [0.25, 0.3) is 0 Å². The van der Waals surface area contributed by atoms with Gasteiger partial charge in [-0.1, -0.05) is 24.3 Å². The number of rotatable bonds is 3. The van der Waals surface area contributed by atoms with Crippen molar-refractivity contribution in [3.63, 3.8) is 0 Å². The molecule has 4 rings (SSSR count). The van der Waals surface area contributed by atoms with Gasteiger partial charge in [-0.05, 0) is 42.7 Å². The molecule has 0 radical (unpaired) electrons. The number of aryl methyl sites for hydroxylation is 1. The molecule has 1 aromatic heterocycles. The number of anilines is 4. The molecule has 6 heteroatoms. The highest BCUT2D eigenvalue weighted by Crippen LogP contribution is 2.31. The first-order valence-electron chi connectivity index (χ1n) is 8.16. The summed E-state index contributed by atoms with van der Waals surface area (Å²) in [6.07, 6.45) is 3.71. The lowest BCUT2D eigenvalue weighted by Crippen LogP contribution is -2.26. The van der Waals surface area contributed by atoms with Crippen LogP contribution in [0.5, 0.6) is 0 Å². The number of aromatic nitrogens is 3. The van der Waals surface area contributed by atoms with Crippen LogP contribution in [-0.4, -0.2) is 21.7 Å². The van der Waals surface area contributed by atoms with Crippen molar-refractivity contribution in [2.24, 2.45) is 0 Å². The molecular formula is C19H16N6. The van der Waals surface area contributed by atoms with Gasteiger partial charge in [0.25, 0.3) is 5.95 Å². The summed E-state index contributed by atoms with van der Waals surface area (Å²) in [4.78, 5) is 6.70. The van der Waals surface area contributed by atoms with Gasteiger partial charge in [0.15, 0.2) is 5.82 Å². The molecule has 0 atom stereocenters. The van der Waals surface area contributed by atoms with E-state index in [1.807, 2.05) is 18.2 Å². The minimum Gasteiger partial charge on any atom is -0.339 e. The number of benzene rings is 2. The van der Waals surface area contributed by atoms with Gasteiger partial charge in [-0.15, -0.1) is 5.10 Å². The molecule has 1 aliphatic rings. The lowest BCUT2D eigenvalue weighted by atomic mass is 10.0. The van der Waals surface area contributed by atoms with Crippen molar-refractivity contribution < 1.29 is 0 Å². The Morgan fingerprint density at radius 3 is 2.96 bits per heavy atom. The molecule has 6 nitrogen and oxygen atoms in total. The monoisotopic (exact) mass is 328 g/mol. The molecule has 3 aromatic rings. The van der Waals surface area contributed by atoms with Crippen LogP contribution in [0.4, 0.5) is 23.1 Å². The Balaban J connectivity index is 1.63. The maximum atomic E-state index is 9.01. The lowest BCUT2D eigenvalue weighted by Gasteiger charge is -2.29. The van der Waals surface area contributed by atoms with Crippen molar-refractivity contribution in [3.8, 4) is 6.07 Å². The van der Waals surface area contributed by atoms with Crippen molar-refractivity contribution in [3.05, 3.63) is 65.9 Å². The van der Waals surface area contributed by atoms with Crippen molar-refractivity contribution in [2.75, 3.05) is 16.8 Å². The maximum absolute atomic E-state index is 9.01. The zero-order valence-corrected chi connectivity index (χ0v) is 13.6. The van der Waals surface area contributed by atoms with E-state index in [1.165, 1.54) is 5.56 Å². The smallest absolute Gasteiger partial charge is 0.251 e. The number of para-hydroxylation sites is 1. The third-order valence-electron chi connectivity index (χ3n) is 4.16. The molecule has 0 amide bonds. The van der Waals surface area contributed by atoms with Gasteiger partial charge in [0.2, 0.25) is 0 Å². The Morgan fingerprint density at radius 2 is 2.04 bits per heavy atom. The molecular weight excluding hydrogens is 312 g/mol. The van der Waals surface area contributed by atoms with E-state index in [1.54, 1.807) is 18.3 Å². The summed E-state index contributed by atoms with van der Waals surface area (Å²) in [6.45, 7) is 0.867. The van der Waals surface area contributed by atoms with Gasteiger partial charge >= 0.3 is 0 Å². The van der Waals surface area contributed by atoms with Gasteiger partial charge in [0.05, 0.1) is 17.8 Å². The molecule has 2 aromatic carbocycles. The standard InChI is InChI=1S/C19H16N6/c20-12-14-5-3-8-16(11-14)22-18-13-21-24-19(23-18)25-10-4-7-15-6-1-2-9-17(15)25/h1-3,5-6,8-9,11,13H,4,7,10H2,(H,22,23,24). The average molecular weight is 328 g/mol. The van der Waals surface area contributed by atoms with Gasteiger partial charge in [-0.25, -0.2) is 0 Å². The Hall–Kier alpha value is -3.46. The van der Waals surface area contributed by atoms with Gasteiger partial charge in [-0.3, -0.25) is 0 Å². The van der Waals surface area contributed by atoms with Gasteiger partial charge in [0.1, 0.15) is 0 Å². The topological polar surface area (TPSA) is 77.7 Å². The fraction of sp³-hybridized carbons (Fsp3) is 0.158. The zero-order chi connectivity index (χ0) is 17.1. The van der Waals surface area contributed by atoms with Crippen LogP contribution in [0.15, 0.2) is 54.7 Å². The van der Waals surface area contributed by atoms with Crippen LogP contribution in [-0.2, 0) is 6.42 Å². The van der Waals surface area contributed by atoms with E-state index in [2.05, 4.69) is 49.7 Å². The quantitative estimate of drug-likeness (QED) is 0.792. The number of fused-ring (bicyclic) bond motifs is 1. The molecule has 2 heterocycles. The molecule has 1 N–H and O–H groups in total. The maximum Gasteiger partial charge on any atom is 0.251 e. The van der Waals surface area contributed by atoms with Crippen LogP contribution in [0.2, 0.25) is 0 Å². The second kappa shape index (κ2) is 6.57. The first-order valence-corrected chi connectivity index (χ1v) is 8.16. The van der Waals surface area contributed by atoms with Gasteiger partial charge < -0.3 is 10.2 Å². The fourth-order valence-electron chi connectivity index (χ4n) is 3.02. The largest absolute Gasteiger partial charge is 0.339 e. The molecule has 0 saturated carbocycles. The number of nitriles is 1. The second-order valence-electron chi connectivity index (χ2n) is 5.84. The number of nitrogens with zero attached hydrogens (tertiary/aromatic N) is 5.